The topological polar surface area (TPSA) is 81.4 Å². The van der Waals surface area contributed by atoms with Gasteiger partial charge in [-0.15, -0.1) is 10.2 Å². The van der Waals surface area contributed by atoms with Crippen LogP contribution in [-0.4, -0.2) is 32.3 Å². The summed E-state index contributed by atoms with van der Waals surface area (Å²) >= 11 is 1.48. The fraction of sp³-hybridized carbons (Fsp3) is 0.238. The summed E-state index contributed by atoms with van der Waals surface area (Å²) in [7, 11) is 0. The van der Waals surface area contributed by atoms with Crippen molar-refractivity contribution >= 4 is 27.9 Å². The molecule has 4 aromatic rings. The number of anilines is 1. The van der Waals surface area contributed by atoms with Gasteiger partial charge < -0.3 is 10.1 Å². The molecule has 1 N–H and O–H groups in total. The number of aromatic nitrogens is 4. The number of nitrogens with zero attached hydrogens (tertiary/aromatic N) is 4. The molecule has 0 spiro atoms. The van der Waals surface area contributed by atoms with Gasteiger partial charge in [0.05, 0.1) is 6.61 Å². The molecule has 8 heteroatoms. The highest BCUT2D eigenvalue weighted by molar-refractivity contribution is 7.19. The normalized spacial score (nSPS) is 10.3. The molecular formula is C21H23N5O2S. The van der Waals surface area contributed by atoms with Gasteiger partial charge in [-0.05, 0) is 57.2 Å². The quantitative estimate of drug-likeness (QED) is 0.536. The molecule has 0 aliphatic rings. The third kappa shape index (κ3) is 5.39. The summed E-state index contributed by atoms with van der Waals surface area (Å²) in [6.07, 6.45) is 0. The second-order valence-corrected chi connectivity index (χ2v) is 7.31. The molecule has 4 rings (SSSR count). The van der Waals surface area contributed by atoms with Crippen LogP contribution >= 0.6 is 11.3 Å². The average molecular weight is 410 g/mol. The van der Waals surface area contributed by atoms with Crippen molar-refractivity contribution in [2.75, 3.05) is 11.9 Å². The van der Waals surface area contributed by atoms with E-state index >= 15 is 0 Å². The van der Waals surface area contributed by atoms with E-state index in [1.807, 2.05) is 62.4 Å². The Kier molecular flexibility index (Phi) is 6.56. The fourth-order valence-corrected chi connectivity index (χ4v) is 3.42. The van der Waals surface area contributed by atoms with Crippen LogP contribution in [0.15, 0.2) is 48.5 Å². The third-order valence-corrected chi connectivity index (χ3v) is 4.88. The molecule has 0 aliphatic carbocycles. The Labute approximate surface area is 173 Å². The molecule has 29 heavy (non-hydrogen) atoms. The van der Waals surface area contributed by atoms with Crippen molar-refractivity contribution in [2.45, 2.75) is 27.7 Å². The minimum absolute atomic E-state index is 0.0813. The van der Waals surface area contributed by atoms with Gasteiger partial charge in [-0.1, -0.05) is 29.0 Å². The smallest absolute Gasteiger partial charge is 0.234 e. The Hall–Kier alpha value is -3.26. The van der Waals surface area contributed by atoms with E-state index in [4.69, 9.17) is 4.74 Å². The molecule has 2 heterocycles. The standard InChI is InChI=1S/C12H11N5OS.C9H12O/c1-7-14-15-12-17(7)16-11(19-12)9-3-5-10(6-4-9)13-8(2)18;1-3-10-9-6-4-8(2)5-7-9/h3-6H,1-2H3,(H,13,18);4-7H,3H2,1-2H3. The van der Waals surface area contributed by atoms with Gasteiger partial charge in [-0.2, -0.15) is 9.61 Å². The lowest BCUT2D eigenvalue weighted by atomic mass is 10.2. The fourth-order valence-electron chi connectivity index (χ4n) is 2.53. The van der Waals surface area contributed by atoms with Crippen LogP contribution in [-0.2, 0) is 4.79 Å². The number of nitrogens with one attached hydrogen (secondary N) is 1. The molecule has 0 aliphatic heterocycles. The van der Waals surface area contributed by atoms with Crippen LogP contribution in [0.4, 0.5) is 5.69 Å². The highest BCUT2D eigenvalue weighted by Gasteiger charge is 2.10. The van der Waals surface area contributed by atoms with E-state index in [-0.39, 0.29) is 5.91 Å². The summed E-state index contributed by atoms with van der Waals surface area (Å²) in [5, 5.41) is 16.0. The molecule has 0 saturated carbocycles. The monoisotopic (exact) mass is 409 g/mol. The Morgan fingerprint density at radius 1 is 1.07 bits per heavy atom. The van der Waals surface area contributed by atoms with Crippen molar-refractivity contribution in [1.82, 2.24) is 19.8 Å². The number of fused-ring (bicyclic) bond motifs is 1. The number of rotatable bonds is 4. The van der Waals surface area contributed by atoms with Gasteiger partial charge >= 0.3 is 0 Å². The zero-order valence-electron chi connectivity index (χ0n) is 16.8. The molecule has 2 aromatic heterocycles. The number of hydrogen-bond donors (Lipinski definition) is 1. The first-order valence-corrected chi connectivity index (χ1v) is 10.0. The molecule has 2 aromatic carbocycles. The van der Waals surface area contributed by atoms with E-state index in [9.17, 15) is 4.79 Å². The maximum Gasteiger partial charge on any atom is 0.234 e. The van der Waals surface area contributed by atoms with E-state index in [0.29, 0.717) is 0 Å². The van der Waals surface area contributed by atoms with Gasteiger partial charge in [0, 0.05) is 18.2 Å². The molecule has 150 valence electrons. The van der Waals surface area contributed by atoms with E-state index in [1.54, 1.807) is 4.52 Å². The lowest BCUT2D eigenvalue weighted by molar-refractivity contribution is -0.114. The first kappa shape index (κ1) is 20.5. The second-order valence-electron chi connectivity index (χ2n) is 6.35. The van der Waals surface area contributed by atoms with Crippen LogP contribution < -0.4 is 10.1 Å². The largest absolute Gasteiger partial charge is 0.494 e. The first-order chi connectivity index (χ1) is 14.0. The number of carbonyl (C=O) groups is 1. The van der Waals surface area contributed by atoms with Crippen molar-refractivity contribution in [1.29, 1.82) is 0 Å². The van der Waals surface area contributed by atoms with Gasteiger partial charge in [0.1, 0.15) is 10.8 Å². The average Bonchev–Trinajstić information content (AvgIpc) is 3.27. The van der Waals surface area contributed by atoms with Crippen LogP contribution in [0.2, 0.25) is 0 Å². The number of ether oxygens (including phenoxy) is 1. The lowest BCUT2D eigenvalue weighted by Crippen LogP contribution is -2.05. The Bertz CT molecular complexity index is 1080. The maximum atomic E-state index is 10.9. The molecule has 1 amide bonds. The minimum Gasteiger partial charge on any atom is -0.494 e. The van der Waals surface area contributed by atoms with Crippen molar-refractivity contribution in [3.05, 3.63) is 59.9 Å². The van der Waals surface area contributed by atoms with Gasteiger partial charge in [-0.25, -0.2) is 0 Å². The van der Waals surface area contributed by atoms with Gasteiger partial charge in [-0.3, -0.25) is 4.79 Å². The third-order valence-electron chi connectivity index (χ3n) is 3.93. The summed E-state index contributed by atoms with van der Waals surface area (Å²) in [5.74, 6) is 1.64. The van der Waals surface area contributed by atoms with Crippen molar-refractivity contribution in [2.24, 2.45) is 0 Å². The van der Waals surface area contributed by atoms with E-state index in [1.165, 1.54) is 23.8 Å². The first-order valence-electron chi connectivity index (χ1n) is 9.22. The van der Waals surface area contributed by atoms with Crippen LogP contribution in [0.3, 0.4) is 0 Å². The van der Waals surface area contributed by atoms with Crippen LogP contribution in [0.25, 0.3) is 15.5 Å². The Balaban J connectivity index is 0.000000204. The van der Waals surface area contributed by atoms with Gasteiger partial charge in [0.25, 0.3) is 0 Å². The summed E-state index contributed by atoms with van der Waals surface area (Å²) in [5.41, 5.74) is 3.03. The molecule has 0 unspecified atom stereocenters. The summed E-state index contributed by atoms with van der Waals surface area (Å²) < 4.78 is 6.98. The zero-order valence-corrected chi connectivity index (χ0v) is 17.7. The molecule has 0 radical (unpaired) electrons. The SMILES string of the molecule is CC(=O)Nc1ccc(-c2nn3c(C)nnc3s2)cc1.CCOc1ccc(C)cc1. The highest BCUT2D eigenvalue weighted by Crippen LogP contribution is 2.26. The Morgan fingerprint density at radius 2 is 1.76 bits per heavy atom. The summed E-state index contributed by atoms with van der Waals surface area (Å²) in [6.45, 7) is 8.14. The predicted octanol–water partition coefficient (Wildman–Crippen LogP) is 4.51. The number of aryl methyl sites for hydroxylation is 2. The van der Waals surface area contributed by atoms with Gasteiger partial charge in [0.15, 0.2) is 5.82 Å². The highest BCUT2D eigenvalue weighted by atomic mass is 32.1. The van der Waals surface area contributed by atoms with E-state index in [0.717, 1.165) is 39.4 Å². The number of carbonyl (C=O) groups excluding carboxylic acids is 1. The van der Waals surface area contributed by atoms with Crippen molar-refractivity contribution in [3.8, 4) is 16.3 Å². The van der Waals surface area contributed by atoms with Gasteiger partial charge in [0.2, 0.25) is 10.9 Å². The van der Waals surface area contributed by atoms with Crippen LogP contribution in [0.1, 0.15) is 25.2 Å². The molecule has 0 bridgehead atoms. The molecule has 0 saturated heterocycles. The predicted molar refractivity (Wildman–Crippen MR) is 115 cm³/mol. The minimum atomic E-state index is -0.0813. The number of amides is 1. The van der Waals surface area contributed by atoms with Crippen molar-refractivity contribution < 1.29 is 9.53 Å². The molecular weight excluding hydrogens is 386 g/mol. The second kappa shape index (κ2) is 9.29. The molecule has 7 nitrogen and oxygen atoms in total. The van der Waals surface area contributed by atoms with E-state index < -0.39 is 0 Å². The molecule has 0 fully saturated rings. The van der Waals surface area contributed by atoms with Crippen molar-refractivity contribution in [3.63, 3.8) is 0 Å². The number of hydrogen-bond acceptors (Lipinski definition) is 6. The summed E-state index contributed by atoms with van der Waals surface area (Å²) in [6, 6.07) is 15.6. The molecule has 0 atom stereocenters. The van der Waals surface area contributed by atoms with E-state index in [2.05, 4.69) is 27.5 Å². The maximum absolute atomic E-state index is 10.9. The summed E-state index contributed by atoms with van der Waals surface area (Å²) in [4.78, 5) is 11.7. The van der Waals surface area contributed by atoms with Crippen LogP contribution in [0.5, 0.6) is 5.75 Å². The Morgan fingerprint density at radius 3 is 2.34 bits per heavy atom. The van der Waals surface area contributed by atoms with Crippen LogP contribution in [0, 0.1) is 13.8 Å². The number of benzene rings is 2. The lowest BCUT2D eigenvalue weighted by Gasteiger charge is -2.02. The zero-order chi connectivity index (χ0) is 20.8.